The van der Waals surface area contributed by atoms with Crippen LogP contribution in [0.5, 0.6) is 5.75 Å². The third kappa shape index (κ3) is 5.96. The molecule has 0 spiro atoms. The van der Waals surface area contributed by atoms with E-state index in [2.05, 4.69) is 10.0 Å². The molecule has 0 saturated carbocycles. The Morgan fingerprint density at radius 1 is 0.938 bits per heavy atom. The van der Waals surface area contributed by atoms with Crippen LogP contribution in [0.3, 0.4) is 0 Å². The number of para-hydroxylation sites is 1. The van der Waals surface area contributed by atoms with Crippen molar-refractivity contribution in [3.63, 3.8) is 0 Å². The topological polar surface area (TPSA) is 84.5 Å². The van der Waals surface area contributed by atoms with E-state index >= 15 is 0 Å². The molecule has 7 heteroatoms. The van der Waals surface area contributed by atoms with Gasteiger partial charge in [-0.05, 0) is 68.1 Å². The maximum atomic E-state index is 13.1. The highest BCUT2D eigenvalue weighted by atomic mass is 32.2. The maximum absolute atomic E-state index is 13.1. The van der Waals surface area contributed by atoms with Gasteiger partial charge in [-0.1, -0.05) is 48.5 Å². The third-order valence-corrected chi connectivity index (χ3v) is 6.53. The summed E-state index contributed by atoms with van der Waals surface area (Å²) < 4.78 is 34.4. The lowest BCUT2D eigenvalue weighted by Gasteiger charge is -2.20. The van der Waals surface area contributed by atoms with E-state index in [4.69, 9.17) is 4.74 Å². The molecule has 32 heavy (non-hydrogen) atoms. The first-order valence-corrected chi connectivity index (χ1v) is 11.9. The molecule has 2 N–H and O–H groups in total. The molecule has 0 aliphatic rings. The van der Waals surface area contributed by atoms with Crippen LogP contribution >= 0.6 is 0 Å². The second-order valence-corrected chi connectivity index (χ2v) is 9.24. The minimum absolute atomic E-state index is 0.0835. The fourth-order valence-electron chi connectivity index (χ4n) is 3.33. The summed E-state index contributed by atoms with van der Waals surface area (Å²) in [6, 6.07) is 20.4. The summed E-state index contributed by atoms with van der Waals surface area (Å²) >= 11 is 0. The normalized spacial score (nSPS) is 12.2. The number of amides is 1. The monoisotopic (exact) mass is 452 g/mol. The highest BCUT2D eigenvalue weighted by Gasteiger charge is 2.27. The second-order valence-electron chi connectivity index (χ2n) is 7.53. The molecule has 3 aromatic carbocycles. The molecule has 0 fully saturated rings. The van der Waals surface area contributed by atoms with Gasteiger partial charge in [0.15, 0.2) is 0 Å². The standard InChI is InChI=1S/C25H28N2O4S/c1-4-31-24-15-14-21(16-19(24)3)32(29,30)27-23(17-20-11-6-5-7-12-20)25(28)26-22-13-9-8-10-18(22)2/h5-16,23,27H,4,17H2,1-3H3,(H,26,28)/t23-/m0/s1. The molecule has 6 nitrogen and oxygen atoms in total. The van der Waals surface area contributed by atoms with Crippen molar-refractivity contribution in [2.24, 2.45) is 0 Å². The zero-order valence-electron chi connectivity index (χ0n) is 18.5. The largest absolute Gasteiger partial charge is 0.494 e. The van der Waals surface area contributed by atoms with E-state index in [1.54, 1.807) is 25.1 Å². The number of anilines is 1. The molecule has 0 heterocycles. The molecule has 0 bridgehead atoms. The predicted molar refractivity (Wildman–Crippen MR) is 126 cm³/mol. The first-order chi connectivity index (χ1) is 15.3. The molecule has 0 saturated heterocycles. The Morgan fingerprint density at radius 3 is 2.28 bits per heavy atom. The molecule has 0 aromatic heterocycles. The van der Waals surface area contributed by atoms with E-state index < -0.39 is 22.0 Å². The highest BCUT2D eigenvalue weighted by molar-refractivity contribution is 7.89. The molecule has 0 aliphatic heterocycles. The van der Waals surface area contributed by atoms with Crippen LogP contribution in [0.1, 0.15) is 23.6 Å². The van der Waals surface area contributed by atoms with Crippen molar-refractivity contribution in [1.82, 2.24) is 4.72 Å². The molecular weight excluding hydrogens is 424 g/mol. The fraction of sp³-hybridized carbons (Fsp3) is 0.240. The number of benzene rings is 3. The number of nitrogens with one attached hydrogen (secondary N) is 2. The van der Waals surface area contributed by atoms with Crippen molar-refractivity contribution in [2.45, 2.75) is 38.1 Å². The van der Waals surface area contributed by atoms with Crippen LogP contribution < -0.4 is 14.8 Å². The first kappa shape index (κ1) is 23.5. The molecule has 3 rings (SSSR count). The smallest absolute Gasteiger partial charge is 0.242 e. The number of rotatable bonds is 9. The Hall–Kier alpha value is -3.16. The molecular formula is C25H28N2O4S. The highest BCUT2D eigenvalue weighted by Crippen LogP contribution is 2.22. The summed E-state index contributed by atoms with van der Waals surface area (Å²) in [5, 5.41) is 2.86. The van der Waals surface area contributed by atoms with Gasteiger partial charge in [0.2, 0.25) is 15.9 Å². The van der Waals surface area contributed by atoms with Gasteiger partial charge in [-0.15, -0.1) is 0 Å². The van der Waals surface area contributed by atoms with Crippen LogP contribution in [0.2, 0.25) is 0 Å². The number of carbonyl (C=O) groups excluding carboxylic acids is 1. The number of hydrogen-bond donors (Lipinski definition) is 2. The van der Waals surface area contributed by atoms with Gasteiger partial charge in [-0.25, -0.2) is 8.42 Å². The zero-order chi connectivity index (χ0) is 23.1. The lowest BCUT2D eigenvalue weighted by atomic mass is 10.1. The molecule has 1 atom stereocenters. The Kier molecular flexibility index (Phi) is 7.66. The van der Waals surface area contributed by atoms with Gasteiger partial charge >= 0.3 is 0 Å². The molecule has 0 radical (unpaired) electrons. The van der Waals surface area contributed by atoms with Crippen molar-refractivity contribution >= 4 is 21.6 Å². The SMILES string of the molecule is CCOc1ccc(S(=O)(=O)N[C@@H](Cc2ccccc2)C(=O)Nc2ccccc2C)cc1C. The number of ether oxygens (including phenoxy) is 1. The summed E-state index contributed by atoms with van der Waals surface area (Å²) in [7, 11) is -3.95. The lowest BCUT2D eigenvalue weighted by molar-refractivity contribution is -0.117. The second kappa shape index (κ2) is 10.4. The van der Waals surface area contributed by atoms with Crippen LogP contribution in [0.25, 0.3) is 0 Å². The minimum atomic E-state index is -3.95. The van der Waals surface area contributed by atoms with E-state index in [-0.39, 0.29) is 11.3 Å². The van der Waals surface area contributed by atoms with Gasteiger partial charge < -0.3 is 10.1 Å². The Labute approximate surface area is 189 Å². The van der Waals surface area contributed by atoms with E-state index in [1.165, 1.54) is 6.07 Å². The summed E-state index contributed by atoms with van der Waals surface area (Å²) in [5.41, 5.74) is 3.10. The maximum Gasteiger partial charge on any atom is 0.242 e. The molecule has 0 aliphatic carbocycles. The summed E-state index contributed by atoms with van der Waals surface area (Å²) in [6.07, 6.45) is 0.216. The van der Waals surface area contributed by atoms with Gasteiger partial charge in [0.25, 0.3) is 0 Å². The van der Waals surface area contributed by atoms with E-state index in [9.17, 15) is 13.2 Å². The first-order valence-electron chi connectivity index (χ1n) is 10.5. The number of sulfonamides is 1. The summed E-state index contributed by atoms with van der Waals surface area (Å²) in [6.45, 7) is 6.03. The molecule has 1 amide bonds. The molecule has 3 aromatic rings. The predicted octanol–water partition coefficient (Wildman–Crippen LogP) is 4.23. The van der Waals surface area contributed by atoms with Crippen molar-refractivity contribution < 1.29 is 17.9 Å². The van der Waals surface area contributed by atoms with E-state index in [0.29, 0.717) is 23.6 Å². The number of aryl methyl sites for hydroxylation is 2. The number of carbonyl (C=O) groups is 1. The van der Waals surface area contributed by atoms with Crippen LogP contribution in [0.15, 0.2) is 77.7 Å². The minimum Gasteiger partial charge on any atom is -0.494 e. The summed E-state index contributed by atoms with van der Waals surface area (Å²) in [5.74, 6) is 0.207. The third-order valence-electron chi connectivity index (χ3n) is 5.06. The van der Waals surface area contributed by atoms with E-state index in [1.807, 2.05) is 62.4 Å². The average Bonchev–Trinajstić information content (AvgIpc) is 2.77. The average molecular weight is 453 g/mol. The van der Waals surface area contributed by atoms with Gasteiger partial charge in [0.05, 0.1) is 11.5 Å². The van der Waals surface area contributed by atoms with Crippen molar-refractivity contribution in [3.05, 3.63) is 89.5 Å². The Balaban J connectivity index is 1.88. The fourth-order valence-corrected chi connectivity index (χ4v) is 4.61. The van der Waals surface area contributed by atoms with Gasteiger partial charge in [-0.2, -0.15) is 4.72 Å². The lowest BCUT2D eigenvalue weighted by Crippen LogP contribution is -2.45. The van der Waals surface area contributed by atoms with Crippen LogP contribution in [0, 0.1) is 13.8 Å². The number of hydrogen-bond acceptors (Lipinski definition) is 4. The zero-order valence-corrected chi connectivity index (χ0v) is 19.3. The molecule has 168 valence electrons. The van der Waals surface area contributed by atoms with Gasteiger partial charge in [-0.3, -0.25) is 4.79 Å². The van der Waals surface area contributed by atoms with E-state index in [0.717, 1.165) is 11.1 Å². The quantitative estimate of drug-likeness (QED) is 0.509. The van der Waals surface area contributed by atoms with Gasteiger partial charge in [0, 0.05) is 5.69 Å². The van der Waals surface area contributed by atoms with Crippen LogP contribution in [-0.4, -0.2) is 27.0 Å². The van der Waals surface area contributed by atoms with Crippen molar-refractivity contribution in [3.8, 4) is 5.75 Å². The van der Waals surface area contributed by atoms with Gasteiger partial charge in [0.1, 0.15) is 11.8 Å². The summed E-state index contributed by atoms with van der Waals surface area (Å²) in [4.78, 5) is 13.2. The van der Waals surface area contributed by atoms with Crippen LogP contribution in [0.4, 0.5) is 5.69 Å². The Bertz CT molecular complexity index is 1180. The van der Waals surface area contributed by atoms with Crippen molar-refractivity contribution in [1.29, 1.82) is 0 Å². The molecule has 0 unspecified atom stereocenters. The van der Waals surface area contributed by atoms with Crippen LogP contribution in [-0.2, 0) is 21.2 Å². The van der Waals surface area contributed by atoms with Crippen molar-refractivity contribution in [2.75, 3.05) is 11.9 Å². The Morgan fingerprint density at radius 2 is 1.62 bits per heavy atom.